The molecule has 4 heteroatoms. The average Bonchev–Trinajstić information content (AvgIpc) is 2.51. The van der Waals surface area contributed by atoms with Crippen molar-refractivity contribution in [3.8, 4) is 0 Å². The van der Waals surface area contributed by atoms with E-state index in [1.807, 2.05) is 6.92 Å². The van der Waals surface area contributed by atoms with Crippen LogP contribution in [0.15, 0.2) is 16.7 Å². The summed E-state index contributed by atoms with van der Waals surface area (Å²) in [4.78, 5) is 11.6. The van der Waals surface area contributed by atoms with Crippen molar-refractivity contribution in [1.29, 1.82) is 0 Å². The number of furan rings is 1. The van der Waals surface area contributed by atoms with Crippen LogP contribution < -0.4 is 5.32 Å². The molecule has 1 unspecified atom stereocenters. The fraction of sp³-hybridized carbons (Fsp3) is 0.500. The lowest BCUT2D eigenvalue weighted by Gasteiger charge is -2.11. The molecule has 0 saturated heterocycles. The van der Waals surface area contributed by atoms with Gasteiger partial charge in [0.05, 0.1) is 18.4 Å². The number of rotatable bonds is 4. The minimum Gasteiger partial charge on any atom is -0.469 e. The maximum absolute atomic E-state index is 11.6. The van der Waals surface area contributed by atoms with Gasteiger partial charge in [-0.15, -0.1) is 0 Å². The lowest BCUT2D eigenvalue weighted by Crippen LogP contribution is -2.35. The standard InChI is InChI=1S/C10H15NO3/c1-7(6-13-3)11-10(12)9-4-5-14-8(9)2/h4-5,7H,6H2,1-3H3,(H,11,12). The van der Waals surface area contributed by atoms with Gasteiger partial charge in [0.2, 0.25) is 0 Å². The summed E-state index contributed by atoms with van der Waals surface area (Å²) in [6, 6.07) is 1.66. The summed E-state index contributed by atoms with van der Waals surface area (Å²) in [7, 11) is 1.60. The highest BCUT2D eigenvalue weighted by molar-refractivity contribution is 5.95. The molecular formula is C10H15NO3. The minimum absolute atomic E-state index is 0.00167. The van der Waals surface area contributed by atoms with Crippen molar-refractivity contribution in [2.75, 3.05) is 13.7 Å². The molecule has 14 heavy (non-hydrogen) atoms. The van der Waals surface area contributed by atoms with Crippen LogP contribution in [0.5, 0.6) is 0 Å². The van der Waals surface area contributed by atoms with Crippen molar-refractivity contribution in [3.63, 3.8) is 0 Å². The number of hydrogen-bond donors (Lipinski definition) is 1. The summed E-state index contributed by atoms with van der Waals surface area (Å²) in [5, 5.41) is 2.80. The SMILES string of the molecule is COCC(C)NC(=O)c1ccoc1C. The van der Waals surface area contributed by atoms with Gasteiger partial charge in [0.25, 0.3) is 5.91 Å². The van der Waals surface area contributed by atoms with Gasteiger partial charge >= 0.3 is 0 Å². The third-order valence-corrected chi connectivity index (χ3v) is 1.90. The number of amides is 1. The molecule has 0 radical (unpaired) electrons. The van der Waals surface area contributed by atoms with Gasteiger partial charge in [0.1, 0.15) is 5.76 Å². The van der Waals surface area contributed by atoms with Crippen LogP contribution in [0.25, 0.3) is 0 Å². The minimum atomic E-state index is -0.124. The Morgan fingerprint density at radius 1 is 1.71 bits per heavy atom. The van der Waals surface area contributed by atoms with E-state index in [9.17, 15) is 4.79 Å². The van der Waals surface area contributed by atoms with Gasteiger partial charge in [-0.05, 0) is 19.9 Å². The molecular weight excluding hydrogens is 182 g/mol. The molecule has 0 aliphatic carbocycles. The van der Waals surface area contributed by atoms with E-state index in [2.05, 4.69) is 5.32 Å². The summed E-state index contributed by atoms with van der Waals surface area (Å²) in [6.07, 6.45) is 1.51. The molecule has 0 spiro atoms. The predicted octanol–water partition coefficient (Wildman–Crippen LogP) is 1.35. The van der Waals surface area contributed by atoms with Crippen molar-refractivity contribution in [3.05, 3.63) is 23.7 Å². The molecule has 0 aromatic carbocycles. The van der Waals surface area contributed by atoms with E-state index in [1.165, 1.54) is 6.26 Å². The molecule has 1 rings (SSSR count). The van der Waals surface area contributed by atoms with E-state index in [0.717, 1.165) is 0 Å². The highest BCUT2D eigenvalue weighted by Gasteiger charge is 2.13. The average molecular weight is 197 g/mol. The van der Waals surface area contributed by atoms with E-state index in [0.29, 0.717) is 17.9 Å². The van der Waals surface area contributed by atoms with Crippen LogP contribution in [0.2, 0.25) is 0 Å². The second-order valence-corrected chi connectivity index (χ2v) is 3.22. The Bertz CT molecular complexity index is 306. The molecule has 0 aliphatic rings. The number of aryl methyl sites for hydroxylation is 1. The first-order valence-corrected chi connectivity index (χ1v) is 4.49. The lowest BCUT2D eigenvalue weighted by molar-refractivity contribution is 0.0904. The van der Waals surface area contributed by atoms with E-state index in [-0.39, 0.29) is 11.9 Å². The highest BCUT2D eigenvalue weighted by atomic mass is 16.5. The third-order valence-electron chi connectivity index (χ3n) is 1.90. The van der Waals surface area contributed by atoms with Gasteiger partial charge in [0.15, 0.2) is 0 Å². The van der Waals surface area contributed by atoms with E-state index in [4.69, 9.17) is 9.15 Å². The number of nitrogens with one attached hydrogen (secondary N) is 1. The first kappa shape index (κ1) is 10.8. The number of hydrogen-bond acceptors (Lipinski definition) is 3. The molecule has 1 atom stereocenters. The molecule has 1 aromatic heterocycles. The Morgan fingerprint density at radius 2 is 2.43 bits per heavy atom. The predicted molar refractivity (Wildman–Crippen MR) is 52.2 cm³/mol. The molecule has 1 amide bonds. The molecule has 1 heterocycles. The topological polar surface area (TPSA) is 51.5 Å². The number of carbonyl (C=O) groups excluding carboxylic acids is 1. The van der Waals surface area contributed by atoms with Crippen LogP contribution in [-0.4, -0.2) is 25.7 Å². The van der Waals surface area contributed by atoms with E-state index >= 15 is 0 Å². The largest absolute Gasteiger partial charge is 0.469 e. The summed E-state index contributed by atoms with van der Waals surface area (Å²) >= 11 is 0. The molecule has 0 saturated carbocycles. The maximum Gasteiger partial charge on any atom is 0.255 e. The monoisotopic (exact) mass is 197 g/mol. The third kappa shape index (κ3) is 2.60. The Kier molecular flexibility index (Phi) is 3.71. The Labute approximate surface area is 83.2 Å². The Balaban J connectivity index is 2.55. The Morgan fingerprint density at radius 3 is 2.93 bits per heavy atom. The van der Waals surface area contributed by atoms with Crippen LogP contribution in [0.4, 0.5) is 0 Å². The lowest BCUT2D eigenvalue weighted by atomic mass is 10.2. The van der Waals surface area contributed by atoms with Crippen LogP contribution in [0, 0.1) is 6.92 Å². The van der Waals surface area contributed by atoms with Crippen molar-refractivity contribution >= 4 is 5.91 Å². The highest BCUT2D eigenvalue weighted by Crippen LogP contribution is 2.08. The quantitative estimate of drug-likeness (QED) is 0.792. The second-order valence-electron chi connectivity index (χ2n) is 3.22. The van der Waals surface area contributed by atoms with Crippen LogP contribution in [0.1, 0.15) is 23.0 Å². The van der Waals surface area contributed by atoms with Crippen molar-refractivity contribution in [2.24, 2.45) is 0 Å². The van der Waals surface area contributed by atoms with Crippen LogP contribution in [0.3, 0.4) is 0 Å². The normalized spacial score (nSPS) is 12.5. The van der Waals surface area contributed by atoms with Crippen molar-refractivity contribution < 1.29 is 13.9 Å². The van der Waals surface area contributed by atoms with Crippen LogP contribution in [-0.2, 0) is 4.74 Å². The summed E-state index contributed by atoms with van der Waals surface area (Å²) in [6.45, 7) is 4.15. The fourth-order valence-electron chi connectivity index (χ4n) is 1.21. The van der Waals surface area contributed by atoms with Gasteiger partial charge in [-0.1, -0.05) is 0 Å². The first-order valence-electron chi connectivity index (χ1n) is 4.49. The molecule has 1 aromatic rings. The van der Waals surface area contributed by atoms with Gasteiger partial charge in [0, 0.05) is 13.2 Å². The number of carbonyl (C=O) groups is 1. The molecule has 4 nitrogen and oxygen atoms in total. The Hall–Kier alpha value is -1.29. The van der Waals surface area contributed by atoms with Crippen molar-refractivity contribution in [2.45, 2.75) is 19.9 Å². The molecule has 0 fully saturated rings. The zero-order valence-electron chi connectivity index (χ0n) is 8.66. The molecule has 78 valence electrons. The van der Waals surface area contributed by atoms with Gasteiger partial charge in [-0.25, -0.2) is 0 Å². The second kappa shape index (κ2) is 4.81. The van der Waals surface area contributed by atoms with E-state index in [1.54, 1.807) is 20.1 Å². The van der Waals surface area contributed by atoms with Gasteiger partial charge < -0.3 is 14.5 Å². The number of methoxy groups -OCH3 is 1. The smallest absolute Gasteiger partial charge is 0.255 e. The summed E-state index contributed by atoms with van der Waals surface area (Å²) < 4.78 is 9.95. The molecule has 0 bridgehead atoms. The molecule has 1 N–H and O–H groups in total. The zero-order valence-corrected chi connectivity index (χ0v) is 8.66. The molecule has 0 aliphatic heterocycles. The van der Waals surface area contributed by atoms with Gasteiger partial charge in [-0.2, -0.15) is 0 Å². The van der Waals surface area contributed by atoms with Crippen LogP contribution >= 0.6 is 0 Å². The number of ether oxygens (including phenoxy) is 1. The van der Waals surface area contributed by atoms with E-state index < -0.39 is 0 Å². The maximum atomic E-state index is 11.6. The first-order chi connectivity index (χ1) is 6.65. The summed E-state index contributed by atoms with van der Waals surface area (Å²) in [5.41, 5.74) is 0.577. The summed E-state index contributed by atoms with van der Waals surface area (Å²) in [5.74, 6) is 0.507. The zero-order chi connectivity index (χ0) is 10.6. The van der Waals surface area contributed by atoms with Crippen molar-refractivity contribution in [1.82, 2.24) is 5.32 Å². The van der Waals surface area contributed by atoms with Gasteiger partial charge in [-0.3, -0.25) is 4.79 Å². The fourth-order valence-corrected chi connectivity index (χ4v) is 1.21.